The molecule has 0 fully saturated rings. The van der Waals surface area contributed by atoms with Crippen LogP contribution in [0.15, 0.2) is 78.9 Å². The second-order valence-corrected chi connectivity index (χ2v) is 7.10. The molecule has 2 amide bonds. The number of benzene rings is 3. The number of nitrogens with two attached hydrogens (primary N) is 1. The van der Waals surface area contributed by atoms with Gasteiger partial charge in [-0.05, 0) is 29.8 Å². The smallest absolute Gasteiger partial charge is 0.368 e. The number of primary amides is 1. The summed E-state index contributed by atoms with van der Waals surface area (Å²) in [7, 11) is 0. The molecule has 0 unspecified atom stereocenters. The fraction of sp³-hybridized carbons (Fsp3) is 0.125. The molecule has 0 aliphatic rings. The third-order valence-corrected chi connectivity index (χ3v) is 4.82. The Kier molecular flexibility index (Phi) is 6.73. The maximum Gasteiger partial charge on any atom is 0.416 e. The van der Waals surface area contributed by atoms with Crippen molar-refractivity contribution in [3.05, 3.63) is 107 Å². The number of alkyl halides is 3. The van der Waals surface area contributed by atoms with Crippen LogP contribution in [0.2, 0.25) is 0 Å². The standard InChI is InChI=1S/C24H19F3N2O3/c25-24(26,27)19-12-10-18(11-13-19)23(32)29-20(22(28)31)14-15-6-8-17(9-7-15)21(30)16-4-2-1-3-5-16/h1-13,20H,14H2,(H2,28,31)(H,29,32)/t20-/m0/s1. The summed E-state index contributed by atoms with van der Waals surface area (Å²) in [4.78, 5) is 36.7. The van der Waals surface area contributed by atoms with Gasteiger partial charge in [-0.3, -0.25) is 14.4 Å². The van der Waals surface area contributed by atoms with E-state index in [1.165, 1.54) is 0 Å². The number of amides is 2. The average Bonchev–Trinajstić information content (AvgIpc) is 2.78. The summed E-state index contributed by atoms with van der Waals surface area (Å²) in [6, 6.07) is 17.8. The van der Waals surface area contributed by atoms with E-state index in [1.807, 2.05) is 6.07 Å². The van der Waals surface area contributed by atoms with E-state index in [0.717, 1.165) is 24.3 Å². The lowest BCUT2D eigenvalue weighted by molar-refractivity contribution is -0.137. The first-order chi connectivity index (χ1) is 15.1. The predicted octanol–water partition coefficient (Wildman–Crippen LogP) is 3.76. The van der Waals surface area contributed by atoms with Crippen molar-refractivity contribution in [3.8, 4) is 0 Å². The number of rotatable bonds is 7. The number of ketones is 1. The molecule has 3 aromatic carbocycles. The molecule has 0 heterocycles. The Labute approximate surface area is 182 Å². The van der Waals surface area contributed by atoms with E-state index in [9.17, 15) is 27.6 Å². The van der Waals surface area contributed by atoms with Crippen molar-refractivity contribution >= 4 is 17.6 Å². The lowest BCUT2D eigenvalue weighted by Gasteiger charge is -2.16. The highest BCUT2D eigenvalue weighted by atomic mass is 19.4. The van der Waals surface area contributed by atoms with Crippen molar-refractivity contribution in [3.63, 3.8) is 0 Å². The van der Waals surface area contributed by atoms with E-state index in [0.29, 0.717) is 16.7 Å². The minimum absolute atomic E-state index is 0.0342. The minimum Gasteiger partial charge on any atom is -0.368 e. The van der Waals surface area contributed by atoms with Crippen LogP contribution in [0.3, 0.4) is 0 Å². The van der Waals surface area contributed by atoms with Crippen LogP contribution < -0.4 is 11.1 Å². The van der Waals surface area contributed by atoms with Crippen molar-refractivity contribution in [2.75, 3.05) is 0 Å². The molecular weight excluding hydrogens is 421 g/mol. The van der Waals surface area contributed by atoms with Crippen LogP contribution in [0, 0.1) is 0 Å². The number of hydrogen-bond acceptors (Lipinski definition) is 3. The first-order valence-electron chi connectivity index (χ1n) is 9.61. The maximum atomic E-state index is 12.7. The summed E-state index contributed by atoms with van der Waals surface area (Å²) < 4.78 is 38.0. The van der Waals surface area contributed by atoms with E-state index < -0.39 is 29.6 Å². The van der Waals surface area contributed by atoms with Gasteiger partial charge >= 0.3 is 6.18 Å². The first-order valence-corrected chi connectivity index (χ1v) is 9.61. The van der Waals surface area contributed by atoms with Crippen molar-refractivity contribution in [1.29, 1.82) is 0 Å². The summed E-state index contributed by atoms with van der Waals surface area (Å²) in [6.45, 7) is 0. The highest BCUT2D eigenvalue weighted by Gasteiger charge is 2.30. The Bertz CT molecular complexity index is 1110. The fourth-order valence-electron chi connectivity index (χ4n) is 3.06. The van der Waals surface area contributed by atoms with Crippen LogP contribution in [0.1, 0.15) is 37.4 Å². The Morgan fingerprint density at radius 1 is 0.781 bits per heavy atom. The maximum absolute atomic E-state index is 12.7. The zero-order valence-corrected chi connectivity index (χ0v) is 16.7. The quantitative estimate of drug-likeness (QED) is 0.549. The third-order valence-electron chi connectivity index (χ3n) is 4.82. The zero-order valence-electron chi connectivity index (χ0n) is 16.7. The molecule has 3 rings (SSSR count). The third kappa shape index (κ3) is 5.60. The summed E-state index contributed by atoms with van der Waals surface area (Å²) in [5, 5.41) is 2.44. The topological polar surface area (TPSA) is 89.3 Å². The highest BCUT2D eigenvalue weighted by Crippen LogP contribution is 2.29. The Morgan fingerprint density at radius 2 is 1.31 bits per heavy atom. The molecule has 3 aromatic rings. The van der Waals surface area contributed by atoms with Gasteiger partial charge in [-0.2, -0.15) is 13.2 Å². The molecule has 0 aliphatic heterocycles. The van der Waals surface area contributed by atoms with Crippen molar-refractivity contribution in [2.45, 2.75) is 18.6 Å². The second kappa shape index (κ2) is 9.47. The zero-order chi connectivity index (χ0) is 23.3. The van der Waals surface area contributed by atoms with Crippen LogP contribution in [-0.4, -0.2) is 23.6 Å². The minimum atomic E-state index is -4.52. The van der Waals surface area contributed by atoms with E-state index >= 15 is 0 Å². The van der Waals surface area contributed by atoms with Crippen LogP contribution in [0.5, 0.6) is 0 Å². The van der Waals surface area contributed by atoms with E-state index in [2.05, 4.69) is 5.32 Å². The van der Waals surface area contributed by atoms with Crippen LogP contribution in [0.4, 0.5) is 13.2 Å². The molecule has 0 aromatic heterocycles. The number of halogens is 3. The highest BCUT2D eigenvalue weighted by molar-refractivity contribution is 6.09. The number of nitrogens with one attached hydrogen (secondary N) is 1. The van der Waals surface area contributed by atoms with Gasteiger partial charge in [0, 0.05) is 23.1 Å². The van der Waals surface area contributed by atoms with Crippen LogP contribution in [0.25, 0.3) is 0 Å². The number of hydrogen-bond donors (Lipinski definition) is 2. The second-order valence-electron chi connectivity index (χ2n) is 7.10. The van der Waals surface area contributed by atoms with Gasteiger partial charge in [0.2, 0.25) is 5.91 Å². The van der Waals surface area contributed by atoms with Crippen molar-refractivity contribution in [1.82, 2.24) is 5.32 Å². The lowest BCUT2D eigenvalue weighted by atomic mass is 9.99. The molecule has 5 nitrogen and oxygen atoms in total. The summed E-state index contributed by atoms with van der Waals surface area (Å²) in [6.07, 6.45) is -4.46. The molecule has 32 heavy (non-hydrogen) atoms. The fourth-order valence-corrected chi connectivity index (χ4v) is 3.06. The van der Waals surface area contributed by atoms with Crippen LogP contribution >= 0.6 is 0 Å². The first kappa shape index (κ1) is 22.7. The van der Waals surface area contributed by atoms with Gasteiger partial charge in [0.05, 0.1) is 5.56 Å². The van der Waals surface area contributed by atoms with Gasteiger partial charge in [-0.15, -0.1) is 0 Å². The van der Waals surface area contributed by atoms with Gasteiger partial charge in [-0.1, -0.05) is 54.6 Å². The monoisotopic (exact) mass is 440 g/mol. The van der Waals surface area contributed by atoms with Gasteiger partial charge < -0.3 is 11.1 Å². The van der Waals surface area contributed by atoms with Gasteiger partial charge in [0.1, 0.15) is 6.04 Å². The summed E-state index contributed by atoms with van der Waals surface area (Å²) in [5.41, 5.74) is 6.12. The Balaban J connectivity index is 1.68. The molecule has 3 N–H and O–H groups in total. The largest absolute Gasteiger partial charge is 0.416 e. The molecule has 0 saturated heterocycles. The molecule has 0 aliphatic carbocycles. The normalized spacial score (nSPS) is 12.1. The predicted molar refractivity (Wildman–Crippen MR) is 112 cm³/mol. The summed E-state index contributed by atoms with van der Waals surface area (Å²) >= 11 is 0. The SMILES string of the molecule is NC(=O)[C@H](Cc1ccc(C(=O)c2ccccc2)cc1)NC(=O)c1ccc(C(F)(F)F)cc1. The molecule has 164 valence electrons. The van der Waals surface area contributed by atoms with Gasteiger partial charge in [-0.25, -0.2) is 0 Å². The van der Waals surface area contributed by atoms with Gasteiger partial charge in [0.15, 0.2) is 5.78 Å². The molecule has 1 atom stereocenters. The van der Waals surface area contributed by atoms with E-state index in [4.69, 9.17) is 5.73 Å². The van der Waals surface area contributed by atoms with E-state index in [-0.39, 0.29) is 17.8 Å². The van der Waals surface area contributed by atoms with Crippen molar-refractivity contribution in [2.24, 2.45) is 5.73 Å². The number of carbonyl (C=O) groups excluding carboxylic acids is 3. The Morgan fingerprint density at radius 3 is 1.84 bits per heavy atom. The molecular formula is C24H19F3N2O3. The van der Waals surface area contributed by atoms with Crippen molar-refractivity contribution < 1.29 is 27.6 Å². The molecule has 0 bridgehead atoms. The Hall–Kier alpha value is -3.94. The molecule has 8 heteroatoms. The number of carbonyl (C=O) groups is 3. The molecule has 0 radical (unpaired) electrons. The average molecular weight is 440 g/mol. The molecule has 0 saturated carbocycles. The van der Waals surface area contributed by atoms with E-state index in [1.54, 1.807) is 48.5 Å². The lowest BCUT2D eigenvalue weighted by Crippen LogP contribution is -2.45. The summed E-state index contributed by atoms with van der Waals surface area (Å²) in [5.74, 6) is -1.67. The van der Waals surface area contributed by atoms with Gasteiger partial charge in [0.25, 0.3) is 5.91 Å². The molecule has 0 spiro atoms. The van der Waals surface area contributed by atoms with Crippen LogP contribution in [-0.2, 0) is 17.4 Å².